The van der Waals surface area contributed by atoms with E-state index in [1.54, 1.807) is 0 Å². The Kier molecular flexibility index (Phi) is 4.78. The Morgan fingerprint density at radius 3 is 2.33 bits per heavy atom. The number of amides is 1. The summed E-state index contributed by atoms with van der Waals surface area (Å²) in [6.07, 6.45) is 3.32. The normalized spacial score (nSPS) is 25.2. The second kappa shape index (κ2) is 5.57. The van der Waals surface area contributed by atoms with E-state index in [1.807, 2.05) is 27.7 Å². The molecule has 0 saturated heterocycles. The number of aliphatic hydroxyl groups excluding tert-OH is 1. The first-order valence-corrected chi connectivity index (χ1v) is 6.88. The van der Waals surface area contributed by atoms with Gasteiger partial charge in [0.05, 0.1) is 5.41 Å². The second-order valence-electron chi connectivity index (χ2n) is 6.69. The highest BCUT2D eigenvalue weighted by molar-refractivity contribution is 5.83. The average molecular weight is 256 g/mol. The molecule has 0 bridgehead atoms. The average Bonchev–Trinajstić information content (AvgIpc) is 2.71. The first-order valence-electron chi connectivity index (χ1n) is 6.88. The number of carbonyl (C=O) groups is 1. The van der Waals surface area contributed by atoms with Gasteiger partial charge in [-0.2, -0.15) is 0 Å². The first kappa shape index (κ1) is 15.4. The van der Waals surface area contributed by atoms with Crippen LogP contribution in [0.4, 0.5) is 0 Å². The van der Waals surface area contributed by atoms with Gasteiger partial charge in [0.2, 0.25) is 5.91 Å². The Bertz CT molecular complexity index is 295. The van der Waals surface area contributed by atoms with Crippen LogP contribution in [-0.2, 0) is 4.79 Å². The minimum atomic E-state index is -0.597. The Morgan fingerprint density at radius 2 is 1.83 bits per heavy atom. The smallest absolute Gasteiger partial charge is 0.227 e. The first-order chi connectivity index (χ1) is 8.20. The molecule has 1 aliphatic rings. The van der Waals surface area contributed by atoms with Gasteiger partial charge in [0.15, 0.2) is 0 Å². The molecular formula is C14H28N2O2. The lowest BCUT2D eigenvalue weighted by Crippen LogP contribution is -2.56. The Morgan fingerprint density at radius 1 is 1.28 bits per heavy atom. The molecule has 2 atom stereocenters. The van der Waals surface area contributed by atoms with Crippen molar-refractivity contribution >= 4 is 5.91 Å². The fraction of sp³-hybridized carbons (Fsp3) is 0.929. The lowest BCUT2D eigenvalue weighted by atomic mass is 9.74. The van der Waals surface area contributed by atoms with E-state index in [4.69, 9.17) is 5.73 Å². The number of hydrogen-bond donors (Lipinski definition) is 3. The zero-order chi connectivity index (χ0) is 14.0. The molecule has 0 heterocycles. The van der Waals surface area contributed by atoms with Crippen molar-refractivity contribution in [3.05, 3.63) is 0 Å². The molecule has 1 saturated carbocycles. The molecule has 1 rings (SSSR count). The summed E-state index contributed by atoms with van der Waals surface area (Å²) in [5.41, 5.74) is 4.90. The van der Waals surface area contributed by atoms with E-state index in [0.29, 0.717) is 18.4 Å². The summed E-state index contributed by atoms with van der Waals surface area (Å²) in [5.74, 6) is 0.758. The highest BCUT2D eigenvalue weighted by Crippen LogP contribution is 2.32. The highest BCUT2D eigenvalue weighted by atomic mass is 16.3. The minimum absolute atomic E-state index is 0.00131. The van der Waals surface area contributed by atoms with Gasteiger partial charge in [0.25, 0.3) is 0 Å². The number of aliphatic hydroxyl groups is 1. The summed E-state index contributed by atoms with van der Waals surface area (Å²) in [7, 11) is 0. The van der Waals surface area contributed by atoms with Crippen LogP contribution in [0.5, 0.6) is 0 Å². The molecule has 2 unspecified atom stereocenters. The fourth-order valence-electron chi connectivity index (χ4n) is 2.36. The summed E-state index contributed by atoms with van der Waals surface area (Å²) in [6, 6.07) is 0. The van der Waals surface area contributed by atoms with Crippen LogP contribution < -0.4 is 11.1 Å². The van der Waals surface area contributed by atoms with Gasteiger partial charge in [-0.15, -0.1) is 0 Å². The van der Waals surface area contributed by atoms with Crippen LogP contribution >= 0.6 is 0 Å². The molecule has 0 aliphatic heterocycles. The van der Waals surface area contributed by atoms with Crippen molar-refractivity contribution in [2.24, 2.45) is 23.0 Å². The maximum Gasteiger partial charge on any atom is 0.227 e. The van der Waals surface area contributed by atoms with Crippen LogP contribution in [0.3, 0.4) is 0 Å². The Hall–Kier alpha value is -0.610. The maximum atomic E-state index is 12.2. The lowest BCUT2D eigenvalue weighted by Gasteiger charge is -2.37. The number of hydrogen-bond acceptors (Lipinski definition) is 3. The number of carbonyl (C=O) groups excluding carboxylic acids is 1. The zero-order valence-corrected chi connectivity index (χ0v) is 12.1. The van der Waals surface area contributed by atoms with E-state index < -0.39 is 11.0 Å². The number of nitrogens with one attached hydrogen (secondary N) is 1. The third-order valence-corrected chi connectivity index (χ3v) is 4.75. The largest absolute Gasteiger partial charge is 0.396 e. The van der Waals surface area contributed by atoms with E-state index in [2.05, 4.69) is 5.32 Å². The molecule has 106 valence electrons. The predicted molar refractivity (Wildman–Crippen MR) is 73.0 cm³/mol. The third-order valence-electron chi connectivity index (χ3n) is 4.75. The van der Waals surface area contributed by atoms with Crippen LogP contribution in [0.2, 0.25) is 0 Å². The van der Waals surface area contributed by atoms with Gasteiger partial charge >= 0.3 is 0 Å². The summed E-state index contributed by atoms with van der Waals surface area (Å²) < 4.78 is 0. The topological polar surface area (TPSA) is 75.4 Å². The third kappa shape index (κ3) is 3.23. The van der Waals surface area contributed by atoms with Crippen molar-refractivity contribution in [2.45, 2.75) is 52.5 Å². The number of rotatable bonds is 5. The van der Waals surface area contributed by atoms with Crippen molar-refractivity contribution in [3.63, 3.8) is 0 Å². The van der Waals surface area contributed by atoms with Gasteiger partial charge in [-0.05, 0) is 52.4 Å². The van der Waals surface area contributed by atoms with Gasteiger partial charge < -0.3 is 16.2 Å². The molecule has 0 aromatic carbocycles. The SMILES string of the molecule is CC(C)(N)C(C)(C)C(=O)NCC1CCCC1CO. The van der Waals surface area contributed by atoms with E-state index in [1.165, 1.54) is 0 Å². The summed E-state index contributed by atoms with van der Waals surface area (Å²) in [6.45, 7) is 8.38. The van der Waals surface area contributed by atoms with E-state index >= 15 is 0 Å². The second-order valence-corrected chi connectivity index (χ2v) is 6.69. The minimum Gasteiger partial charge on any atom is -0.396 e. The quantitative estimate of drug-likeness (QED) is 0.693. The molecule has 1 fully saturated rings. The van der Waals surface area contributed by atoms with Crippen molar-refractivity contribution < 1.29 is 9.90 Å². The monoisotopic (exact) mass is 256 g/mol. The van der Waals surface area contributed by atoms with Gasteiger partial charge in [-0.25, -0.2) is 0 Å². The molecule has 1 aliphatic carbocycles. The molecule has 1 amide bonds. The standard InChI is InChI=1S/C14H28N2O2/c1-13(2,14(3,4)15)12(18)16-8-10-6-5-7-11(10)9-17/h10-11,17H,5-9,15H2,1-4H3,(H,16,18). The van der Waals surface area contributed by atoms with Gasteiger partial charge in [-0.3, -0.25) is 4.79 Å². The summed E-state index contributed by atoms with van der Waals surface area (Å²) in [5, 5.41) is 12.3. The van der Waals surface area contributed by atoms with E-state index in [9.17, 15) is 9.90 Å². The van der Waals surface area contributed by atoms with Crippen molar-refractivity contribution in [3.8, 4) is 0 Å². The molecule has 18 heavy (non-hydrogen) atoms. The maximum absolute atomic E-state index is 12.2. The van der Waals surface area contributed by atoms with Crippen molar-refractivity contribution in [2.75, 3.05) is 13.2 Å². The highest BCUT2D eigenvalue weighted by Gasteiger charge is 2.40. The molecule has 0 radical (unpaired) electrons. The van der Waals surface area contributed by atoms with Crippen LogP contribution in [0.15, 0.2) is 0 Å². The van der Waals surface area contributed by atoms with E-state index in [-0.39, 0.29) is 12.5 Å². The Balaban J connectivity index is 2.51. The van der Waals surface area contributed by atoms with Gasteiger partial charge in [0, 0.05) is 18.7 Å². The van der Waals surface area contributed by atoms with Crippen molar-refractivity contribution in [1.29, 1.82) is 0 Å². The van der Waals surface area contributed by atoms with Gasteiger partial charge in [0.1, 0.15) is 0 Å². The van der Waals surface area contributed by atoms with E-state index in [0.717, 1.165) is 19.3 Å². The zero-order valence-electron chi connectivity index (χ0n) is 12.1. The molecular weight excluding hydrogens is 228 g/mol. The molecule has 0 aromatic heterocycles. The molecule has 0 spiro atoms. The van der Waals surface area contributed by atoms with Crippen LogP contribution in [0.1, 0.15) is 47.0 Å². The summed E-state index contributed by atoms with van der Waals surface area (Å²) >= 11 is 0. The van der Waals surface area contributed by atoms with Crippen LogP contribution in [-0.4, -0.2) is 29.7 Å². The molecule has 4 heteroatoms. The number of nitrogens with two attached hydrogens (primary N) is 1. The van der Waals surface area contributed by atoms with Crippen LogP contribution in [0.25, 0.3) is 0 Å². The Labute approximate surface area is 110 Å². The van der Waals surface area contributed by atoms with Gasteiger partial charge in [-0.1, -0.05) is 6.42 Å². The van der Waals surface area contributed by atoms with Crippen LogP contribution in [0, 0.1) is 17.3 Å². The molecule has 0 aromatic rings. The lowest BCUT2D eigenvalue weighted by molar-refractivity contribution is -0.132. The summed E-state index contributed by atoms with van der Waals surface area (Å²) in [4.78, 5) is 12.2. The molecule has 4 nitrogen and oxygen atoms in total. The predicted octanol–water partition coefficient (Wildman–Crippen LogP) is 1.27. The fourth-order valence-corrected chi connectivity index (χ4v) is 2.36. The van der Waals surface area contributed by atoms with Crippen molar-refractivity contribution in [1.82, 2.24) is 5.32 Å². The molecule has 4 N–H and O–H groups in total.